The van der Waals surface area contributed by atoms with E-state index < -0.39 is 11.6 Å². The maximum atomic E-state index is 14.0. The predicted octanol–water partition coefficient (Wildman–Crippen LogP) is 5.33. The number of halogens is 2. The van der Waals surface area contributed by atoms with Crippen LogP contribution in [0.15, 0.2) is 29.8 Å². The Kier molecular flexibility index (Phi) is 6.30. The molecule has 1 aliphatic heterocycles. The summed E-state index contributed by atoms with van der Waals surface area (Å²) in [4.78, 5) is 39.3. The molecular formula is C27H27F2N5O2S2. The molecule has 11 heteroatoms. The van der Waals surface area contributed by atoms with E-state index >= 15 is 0 Å². The van der Waals surface area contributed by atoms with Crippen LogP contribution in [0.3, 0.4) is 0 Å². The third-order valence-corrected chi connectivity index (χ3v) is 9.59. The smallest absolute Gasteiger partial charge is 0.274 e. The standard InChI is InChI=1S/C27H27F2N5O2S2/c1-13-8-17-12-34(26(36)22-24(38-15(3)32-22)16-4-5-19(28)20(29)10-16)21(18(17)9-13)11-30-25(35)23-14(2)31-27-33(23)6-7-37-27/h4-7,10,13,17-18,21H,8-9,11-12H2,1-3H3,(H,30,35)/t13?,17-,18-,21+/m0/s1. The summed E-state index contributed by atoms with van der Waals surface area (Å²) >= 11 is 2.76. The van der Waals surface area contributed by atoms with Gasteiger partial charge in [0.25, 0.3) is 11.8 Å². The maximum absolute atomic E-state index is 14.0. The van der Waals surface area contributed by atoms with E-state index in [0.717, 1.165) is 29.9 Å². The lowest BCUT2D eigenvalue weighted by atomic mass is 9.93. The number of benzene rings is 1. The molecule has 6 rings (SSSR count). The monoisotopic (exact) mass is 555 g/mol. The molecule has 0 radical (unpaired) electrons. The van der Waals surface area contributed by atoms with Crippen molar-refractivity contribution >= 4 is 39.4 Å². The van der Waals surface area contributed by atoms with Gasteiger partial charge in [0.2, 0.25) is 0 Å². The van der Waals surface area contributed by atoms with Crippen LogP contribution in [0, 0.1) is 43.2 Å². The Hall–Kier alpha value is -3.18. The van der Waals surface area contributed by atoms with Crippen LogP contribution in [-0.2, 0) is 0 Å². The molecule has 1 saturated heterocycles. The number of rotatable bonds is 5. The van der Waals surface area contributed by atoms with E-state index in [4.69, 9.17) is 0 Å². The second-order valence-electron chi connectivity index (χ2n) is 10.4. The van der Waals surface area contributed by atoms with E-state index in [2.05, 4.69) is 22.2 Å². The van der Waals surface area contributed by atoms with E-state index in [-0.39, 0.29) is 29.5 Å². The molecule has 1 aliphatic carbocycles. The fourth-order valence-electron chi connectivity index (χ4n) is 6.23. The zero-order valence-corrected chi connectivity index (χ0v) is 22.8. The molecule has 4 aromatic rings. The van der Waals surface area contributed by atoms with Gasteiger partial charge in [0.1, 0.15) is 11.4 Å². The fraction of sp³-hybridized carbons (Fsp3) is 0.407. The minimum absolute atomic E-state index is 0.188. The highest BCUT2D eigenvalue weighted by Crippen LogP contribution is 2.46. The first-order chi connectivity index (χ1) is 18.2. The Labute approximate surface area is 226 Å². The average Bonchev–Trinajstić information content (AvgIpc) is 3.66. The first-order valence-corrected chi connectivity index (χ1v) is 14.3. The van der Waals surface area contributed by atoms with Gasteiger partial charge in [0.05, 0.1) is 21.6 Å². The summed E-state index contributed by atoms with van der Waals surface area (Å²) in [6.45, 7) is 6.75. The molecular weight excluding hydrogens is 528 g/mol. The number of aryl methyl sites for hydroxylation is 2. The van der Waals surface area contributed by atoms with Crippen LogP contribution in [-0.4, -0.2) is 50.2 Å². The number of hydrogen-bond acceptors (Lipinski definition) is 6. The molecule has 38 heavy (non-hydrogen) atoms. The van der Waals surface area contributed by atoms with Crippen LogP contribution in [0.5, 0.6) is 0 Å². The fourth-order valence-corrected chi connectivity index (χ4v) is 7.90. The number of likely N-dealkylation sites (tertiary alicyclic amines) is 1. The molecule has 1 saturated carbocycles. The van der Waals surface area contributed by atoms with Crippen molar-refractivity contribution in [2.75, 3.05) is 13.1 Å². The second-order valence-corrected chi connectivity index (χ2v) is 12.5. The third-order valence-electron chi connectivity index (χ3n) is 7.81. The highest BCUT2D eigenvalue weighted by atomic mass is 32.1. The number of carbonyl (C=O) groups excluding carboxylic acids is 2. The number of hydrogen-bond donors (Lipinski definition) is 1. The molecule has 0 bridgehead atoms. The van der Waals surface area contributed by atoms with Gasteiger partial charge in [-0.3, -0.25) is 14.0 Å². The summed E-state index contributed by atoms with van der Waals surface area (Å²) in [7, 11) is 0. The molecule has 7 nitrogen and oxygen atoms in total. The Bertz CT molecular complexity index is 1560. The van der Waals surface area contributed by atoms with Crippen LogP contribution < -0.4 is 5.32 Å². The van der Waals surface area contributed by atoms with E-state index in [1.165, 1.54) is 28.7 Å². The van der Waals surface area contributed by atoms with Crippen LogP contribution in [0.2, 0.25) is 0 Å². The van der Waals surface area contributed by atoms with Crippen molar-refractivity contribution in [1.82, 2.24) is 24.6 Å². The van der Waals surface area contributed by atoms with E-state index in [1.807, 2.05) is 23.4 Å². The zero-order chi connectivity index (χ0) is 26.7. The Morgan fingerprint density at radius 1 is 1.16 bits per heavy atom. The number of fused-ring (bicyclic) bond motifs is 2. The first-order valence-electron chi connectivity index (χ1n) is 12.7. The highest BCUT2D eigenvalue weighted by Gasteiger charge is 2.48. The van der Waals surface area contributed by atoms with E-state index in [1.54, 1.807) is 11.3 Å². The summed E-state index contributed by atoms with van der Waals surface area (Å²) in [5.41, 5.74) is 1.83. The largest absolute Gasteiger partial charge is 0.349 e. The van der Waals surface area contributed by atoms with Crippen molar-refractivity contribution in [3.63, 3.8) is 0 Å². The highest BCUT2D eigenvalue weighted by molar-refractivity contribution is 7.15. The molecule has 198 valence electrons. The summed E-state index contributed by atoms with van der Waals surface area (Å²) in [5.74, 6) is -1.18. The quantitative estimate of drug-likeness (QED) is 0.361. The first kappa shape index (κ1) is 25.1. The molecule has 2 fully saturated rings. The number of imidazole rings is 1. The number of nitrogens with zero attached hydrogens (tertiary/aromatic N) is 4. The van der Waals surface area contributed by atoms with Gasteiger partial charge in [-0.15, -0.1) is 22.7 Å². The van der Waals surface area contributed by atoms with E-state index in [9.17, 15) is 18.4 Å². The second kappa shape index (κ2) is 9.53. The normalized spacial score (nSPS) is 22.8. The minimum Gasteiger partial charge on any atom is -0.349 e. The predicted molar refractivity (Wildman–Crippen MR) is 143 cm³/mol. The molecule has 1 N–H and O–H groups in total. The van der Waals surface area contributed by atoms with Crippen LogP contribution in [0.4, 0.5) is 8.78 Å². The van der Waals surface area contributed by atoms with Gasteiger partial charge in [0, 0.05) is 24.7 Å². The van der Waals surface area contributed by atoms with Gasteiger partial charge in [-0.1, -0.05) is 13.0 Å². The van der Waals surface area contributed by atoms with Gasteiger partial charge >= 0.3 is 0 Å². The van der Waals surface area contributed by atoms with Crippen molar-refractivity contribution in [2.24, 2.45) is 17.8 Å². The lowest BCUT2D eigenvalue weighted by molar-refractivity contribution is 0.0692. The van der Waals surface area contributed by atoms with Crippen molar-refractivity contribution < 1.29 is 18.4 Å². The van der Waals surface area contributed by atoms with Crippen LogP contribution in [0.25, 0.3) is 15.4 Å². The lowest BCUT2D eigenvalue weighted by Crippen LogP contribution is -2.46. The molecule has 4 atom stereocenters. The minimum atomic E-state index is -0.966. The summed E-state index contributed by atoms with van der Waals surface area (Å²) < 4.78 is 29.4. The Balaban J connectivity index is 1.29. The zero-order valence-electron chi connectivity index (χ0n) is 21.2. The van der Waals surface area contributed by atoms with Gasteiger partial charge < -0.3 is 10.2 Å². The molecule has 0 spiro atoms. The summed E-state index contributed by atoms with van der Waals surface area (Å²) in [5, 5.41) is 5.64. The SMILES string of the molecule is Cc1nc(C(=O)N2C[C@@H]3CC(C)C[C@@H]3[C@H]2CNC(=O)c2c(C)nc3sccn23)c(-c2ccc(F)c(F)c2)s1. The van der Waals surface area contributed by atoms with Gasteiger partial charge in [-0.25, -0.2) is 18.7 Å². The number of amides is 2. The molecule has 1 aromatic carbocycles. The Morgan fingerprint density at radius 2 is 1.97 bits per heavy atom. The van der Waals surface area contributed by atoms with Crippen molar-refractivity contribution in [3.8, 4) is 10.4 Å². The maximum Gasteiger partial charge on any atom is 0.274 e. The van der Waals surface area contributed by atoms with Gasteiger partial charge in [0.15, 0.2) is 16.6 Å². The Morgan fingerprint density at radius 3 is 2.76 bits per heavy atom. The van der Waals surface area contributed by atoms with Crippen LogP contribution >= 0.6 is 22.7 Å². The molecule has 2 aliphatic rings. The van der Waals surface area contributed by atoms with Gasteiger partial charge in [-0.05, 0) is 62.1 Å². The molecule has 2 amide bonds. The van der Waals surface area contributed by atoms with E-state index in [0.29, 0.717) is 51.8 Å². The third kappa shape index (κ3) is 4.21. The lowest BCUT2D eigenvalue weighted by Gasteiger charge is -2.28. The van der Waals surface area contributed by atoms with Crippen molar-refractivity contribution in [1.29, 1.82) is 0 Å². The molecule has 4 heterocycles. The number of carbonyl (C=O) groups is 2. The number of nitrogens with one attached hydrogen (secondary N) is 1. The van der Waals surface area contributed by atoms with Crippen LogP contribution in [0.1, 0.15) is 51.4 Å². The van der Waals surface area contributed by atoms with Gasteiger partial charge in [-0.2, -0.15) is 0 Å². The topological polar surface area (TPSA) is 79.6 Å². The average molecular weight is 556 g/mol. The van der Waals surface area contributed by atoms with Crippen molar-refractivity contribution in [2.45, 2.75) is 39.7 Å². The summed E-state index contributed by atoms with van der Waals surface area (Å²) in [6, 6.07) is 3.46. The molecule has 3 aromatic heterocycles. The molecule has 1 unspecified atom stereocenters. The summed E-state index contributed by atoms with van der Waals surface area (Å²) in [6.07, 6.45) is 3.85. The number of aromatic nitrogens is 3. The van der Waals surface area contributed by atoms with Crippen molar-refractivity contribution in [3.05, 3.63) is 63.5 Å². The number of thiazole rings is 2.